The Balaban J connectivity index is 1.29. The van der Waals surface area contributed by atoms with Crippen molar-refractivity contribution in [3.63, 3.8) is 0 Å². The number of amides is 4. The second-order valence-electron chi connectivity index (χ2n) is 16.7. The molecular weight excluding hydrogens is 706 g/mol. The fraction of sp³-hybridized carbons (Fsp3) is 0.649. The first-order valence-electron chi connectivity index (χ1n) is 18.3. The molecule has 0 radical (unpaired) electrons. The average Bonchev–Trinajstić information content (AvgIpc) is 3.99. The third-order valence-corrected chi connectivity index (χ3v) is 11.7. The molecule has 1 aromatic heterocycles. The zero-order valence-corrected chi connectivity index (χ0v) is 32.3. The van der Waals surface area contributed by atoms with Crippen molar-refractivity contribution in [3.05, 3.63) is 24.4 Å². The molecule has 4 amide bonds. The Bertz CT molecular complexity index is 1890. The summed E-state index contributed by atoms with van der Waals surface area (Å²) in [5.41, 5.74) is -2.68. The van der Waals surface area contributed by atoms with Gasteiger partial charge in [-0.1, -0.05) is 34.1 Å². The van der Waals surface area contributed by atoms with Gasteiger partial charge >= 0.3 is 6.09 Å². The molecular formula is C37H51N5O10S. The van der Waals surface area contributed by atoms with Gasteiger partial charge in [0.15, 0.2) is 11.5 Å². The van der Waals surface area contributed by atoms with Crippen LogP contribution in [0, 0.1) is 11.3 Å². The summed E-state index contributed by atoms with van der Waals surface area (Å²) in [5, 5.41) is 6.35. The Labute approximate surface area is 310 Å². The lowest BCUT2D eigenvalue weighted by Gasteiger charge is -2.33. The van der Waals surface area contributed by atoms with Crippen molar-refractivity contribution in [3.8, 4) is 17.4 Å². The summed E-state index contributed by atoms with van der Waals surface area (Å²) in [6, 6.07) is 3.19. The number of benzene rings is 1. The molecule has 1 aromatic carbocycles. The minimum atomic E-state index is -3.87. The lowest BCUT2D eigenvalue weighted by atomic mass is 9.87. The van der Waals surface area contributed by atoms with Crippen molar-refractivity contribution in [1.82, 2.24) is 25.2 Å². The van der Waals surface area contributed by atoms with E-state index in [-0.39, 0.29) is 37.6 Å². The second-order valence-corrected chi connectivity index (χ2v) is 18.7. The number of ether oxygens (including phenoxy) is 4. The number of sulfonamides is 1. The van der Waals surface area contributed by atoms with Crippen molar-refractivity contribution in [2.45, 2.75) is 122 Å². The van der Waals surface area contributed by atoms with Gasteiger partial charge in [-0.15, -0.1) is 0 Å². The Hall–Kier alpha value is -4.34. The monoisotopic (exact) mass is 757 g/mol. The van der Waals surface area contributed by atoms with Crippen molar-refractivity contribution >= 4 is 44.6 Å². The fourth-order valence-corrected chi connectivity index (χ4v) is 8.49. The normalized spacial score (nSPS) is 24.6. The van der Waals surface area contributed by atoms with Crippen molar-refractivity contribution in [1.29, 1.82) is 0 Å². The maximum Gasteiger partial charge on any atom is 0.408 e. The first-order valence-corrected chi connectivity index (χ1v) is 19.9. The summed E-state index contributed by atoms with van der Waals surface area (Å²) >= 11 is 0. The Kier molecular flexibility index (Phi) is 10.2. The van der Waals surface area contributed by atoms with Gasteiger partial charge in [0.25, 0.3) is 5.91 Å². The SMILES string of the molecule is CC[C@@H]1C[C@]1(NC(=O)[C@@H]1C[C@@H](Oc2nccc3c4c(ccc23)OCCO4)CN1C(=O)C(CC(C)(C)C)NC(=O)OC(C)(C)C)C(=O)NS(=O)(=O)C1CC1. The van der Waals surface area contributed by atoms with Crippen molar-refractivity contribution in [2.75, 3.05) is 19.8 Å². The molecule has 2 aromatic rings. The summed E-state index contributed by atoms with van der Waals surface area (Å²) in [5.74, 6) is -0.784. The number of carbonyl (C=O) groups excluding carboxylic acids is 4. The molecule has 2 aliphatic carbocycles. The standard InChI is InChI=1S/C37H51N5O10S/c1-8-21-18-37(21,33(45)41-53(47,48)23-9-10-23)40-30(43)27-17-22(51-31-25-11-12-28-29(50-16-15-49-28)24(25)13-14-38-31)20-42(27)32(44)26(19-35(2,3)4)39-34(46)52-36(5,6)7/h11-14,21-23,26-27H,8-10,15-20H2,1-7H3,(H,39,46)(H,40,43)(H,41,45)/t21-,22-,26?,27+,37-/m1/s1. The summed E-state index contributed by atoms with van der Waals surface area (Å²) in [6.45, 7) is 13.6. The molecule has 0 spiro atoms. The predicted molar refractivity (Wildman–Crippen MR) is 194 cm³/mol. The number of pyridine rings is 1. The lowest BCUT2D eigenvalue weighted by molar-refractivity contribution is -0.141. The molecule has 3 heterocycles. The highest BCUT2D eigenvalue weighted by Crippen LogP contribution is 2.47. The fourth-order valence-electron chi connectivity index (χ4n) is 7.12. The third-order valence-electron chi connectivity index (χ3n) is 9.89. The first kappa shape index (κ1) is 38.4. The molecule has 4 aliphatic rings. The van der Waals surface area contributed by atoms with E-state index in [9.17, 15) is 27.6 Å². The maximum absolute atomic E-state index is 14.5. The van der Waals surface area contributed by atoms with Gasteiger partial charge in [-0.2, -0.15) is 0 Å². The van der Waals surface area contributed by atoms with Crippen LogP contribution in [-0.2, 0) is 29.1 Å². The molecule has 3 N–H and O–H groups in total. The first-order chi connectivity index (χ1) is 24.8. The number of hydrogen-bond acceptors (Lipinski definition) is 11. The summed E-state index contributed by atoms with van der Waals surface area (Å²) in [4.78, 5) is 61.3. The molecule has 2 aliphatic heterocycles. The van der Waals surface area contributed by atoms with E-state index in [2.05, 4.69) is 20.3 Å². The molecule has 290 valence electrons. The third kappa shape index (κ3) is 8.57. The van der Waals surface area contributed by atoms with Gasteiger partial charge < -0.3 is 34.5 Å². The minimum Gasteiger partial charge on any atom is -0.486 e. The van der Waals surface area contributed by atoms with E-state index in [4.69, 9.17) is 18.9 Å². The van der Waals surface area contributed by atoms with Crippen LogP contribution in [0.3, 0.4) is 0 Å². The summed E-state index contributed by atoms with van der Waals surface area (Å²) in [7, 11) is -3.87. The summed E-state index contributed by atoms with van der Waals surface area (Å²) in [6.07, 6.45) is 2.06. The Morgan fingerprint density at radius 3 is 2.40 bits per heavy atom. The molecule has 16 heteroatoms. The summed E-state index contributed by atoms with van der Waals surface area (Å²) < 4.78 is 51.2. The van der Waals surface area contributed by atoms with Gasteiger partial charge in [0, 0.05) is 23.4 Å². The van der Waals surface area contributed by atoms with Crippen LogP contribution in [-0.4, -0.2) is 96.5 Å². The molecule has 5 atom stereocenters. The van der Waals surface area contributed by atoms with E-state index in [1.54, 1.807) is 39.1 Å². The predicted octanol–water partition coefficient (Wildman–Crippen LogP) is 3.58. The van der Waals surface area contributed by atoms with Gasteiger partial charge in [-0.25, -0.2) is 18.2 Å². The Morgan fingerprint density at radius 2 is 1.75 bits per heavy atom. The van der Waals surface area contributed by atoms with Gasteiger partial charge in [0.2, 0.25) is 27.7 Å². The molecule has 0 bridgehead atoms. The zero-order chi connectivity index (χ0) is 38.5. The molecule has 53 heavy (non-hydrogen) atoms. The Morgan fingerprint density at radius 1 is 1.04 bits per heavy atom. The smallest absolute Gasteiger partial charge is 0.408 e. The number of hydrogen-bond donors (Lipinski definition) is 3. The quantitative estimate of drug-likeness (QED) is 0.304. The minimum absolute atomic E-state index is 0.0315. The highest BCUT2D eigenvalue weighted by atomic mass is 32.2. The molecule has 15 nitrogen and oxygen atoms in total. The number of nitrogens with one attached hydrogen (secondary N) is 3. The number of fused-ring (bicyclic) bond motifs is 3. The van der Waals surface area contributed by atoms with Crippen LogP contribution in [0.15, 0.2) is 24.4 Å². The van der Waals surface area contributed by atoms with Gasteiger partial charge in [0.1, 0.15) is 42.5 Å². The molecule has 6 rings (SSSR count). The van der Waals surface area contributed by atoms with E-state index in [0.717, 1.165) is 5.39 Å². The van der Waals surface area contributed by atoms with E-state index in [1.807, 2.05) is 33.8 Å². The highest BCUT2D eigenvalue weighted by molar-refractivity contribution is 7.91. The van der Waals surface area contributed by atoms with Crippen molar-refractivity contribution < 1.29 is 46.5 Å². The van der Waals surface area contributed by atoms with Crippen LogP contribution >= 0.6 is 0 Å². The van der Waals surface area contributed by atoms with Crippen molar-refractivity contribution in [2.24, 2.45) is 11.3 Å². The van der Waals surface area contributed by atoms with Gasteiger partial charge in [-0.05, 0) is 76.0 Å². The van der Waals surface area contributed by atoms with E-state index < -0.39 is 73.8 Å². The molecule has 1 saturated heterocycles. The average molecular weight is 758 g/mol. The van der Waals surface area contributed by atoms with Crippen LogP contribution in [0.1, 0.15) is 87.0 Å². The maximum atomic E-state index is 14.5. The van der Waals surface area contributed by atoms with Crippen LogP contribution in [0.25, 0.3) is 10.8 Å². The number of alkyl carbamates (subject to hydrolysis) is 1. The number of aromatic nitrogens is 1. The van der Waals surface area contributed by atoms with Crippen LogP contribution in [0.2, 0.25) is 0 Å². The highest BCUT2D eigenvalue weighted by Gasteiger charge is 2.62. The lowest BCUT2D eigenvalue weighted by Crippen LogP contribution is -2.58. The van der Waals surface area contributed by atoms with E-state index in [0.29, 0.717) is 49.4 Å². The second kappa shape index (κ2) is 14.1. The van der Waals surface area contributed by atoms with E-state index >= 15 is 0 Å². The number of nitrogens with zero attached hydrogens (tertiary/aromatic N) is 2. The number of carbonyl (C=O) groups is 4. The van der Waals surface area contributed by atoms with Gasteiger partial charge in [-0.3, -0.25) is 19.1 Å². The molecule has 3 fully saturated rings. The number of likely N-dealkylation sites (tertiary alicyclic amines) is 1. The number of rotatable bonds is 11. The zero-order valence-electron chi connectivity index (χ0n) is 31.4. The topological polar surface area (TPSA) is 192 Å². The van der Waals surface area contributed by atoms with E-state index in [1.165, 1.54) is 4.90 Å². The molecule has 2 saturated carbocycles. The largest absolute Gasteiger partial charge is 0.486 e. The van der Waals surface area contributed by atoms with Crippen LogP contribution in [0.5, 0.6) is 17.4 Å². The molecule has 1 unspecified atom stereocenters. The van der Waals surface area contributed by atoms with Gasteiger partial charge in [0.05, 0.1) is 11.8 Å². The van der Waals surface area contributed by atoms with Crippen LogP contribution < -0.4 is 29.6 Å². The van der Waals surface area contributed by atoms with Crippen LogP contribution in [0.4, 0.5) is 4.79 Å².